The van der Waals surface area contributed by atoms with Gasteiger partial charge in [0.05, 0.1) is 5.02 Å². The lowest BCUT2D eigenvalue weighted by molar-refractivity contribution is -0.117. The maximum absolute atomic E-state index is 10.5. The summed E-state index contributed by atoms with van der Waals surface area (Å²) in [6.07, 6.45) is 0.492. The van der Waals surface area contributed by atoms with Gasteiger partial charge < -0.3 is 10.8 Å². The van der Waals surface area contributed by atoms with Crippen molar-refractivity contribution in [3.05, 3.63) is 27.7 Å². The molecule has 0 aliphatic carbocycles. The van der Waals surface area contributed by atoms with Crippen LogP contribution in [0, 0.1) is 0 Å². The second-order valence-corrected chi connectivity index (χ2v) is 3.71. The molecular weight excluding hydrogens is 225 g/mol. The Bertz CT molecular complexity index is 366. The first-order valence-electron chi connectivity index (χ1n) is 3.96. The summed E-state index contributed by atoms with van der Waals surface area (Å²) in [6, 6.07) is 3.00. The number of phenolic OH excluding ortho intramolecular Hbond substituents is 1. The molecule has 3 N–H and O–H groups in total. The molecule has 1 aromatic carbocycles. The number of nitrogens with two attached hydrogens (primary N) is 1. The van der Waals surface area contributed by atoms with E-state index in [1.165, 1.54) is 6.07 Å². The first-order valence-corrected chi connectivity index (χ1v) is 4.71. The molecule has 0 unspecified atom stereocenters. The maximum atomic E-state index is 10.5. The molecule has 76 valence electrons. The summed E-state index contributed by atoms with van der Waals surface area (Å²) in [7, 11) is 0. The summed E-state index contributed by atoms with van der Waals surface area (Å²) >= 11 is 11.4. The largest absolute Gasteiger partial charge is 0.506 e. The number of carbonyl (C=O) groups excluding carboxylic acids is 1. The van der Waals surface area contributed by atoms with Crippen LogP contribution in [-0.4, -0.2) is 11.0 Å². The Kier molecular flexibility index (Phi) is 3.61. The van der Waals surface area contributed by atoms with Gasteiger partial charge in [-0.25, -0.2) is 0 Å². The fourth-order valence-electron chi connectivity index (χ4n) is 1.07. The van der Waals surface area contributed by atoms with E-state index in [9.17, 15) is 9.90 Å². The molecule has 0 atom stereocenters. The van der Waals surface area contributed by atoms with Crippen LogP contribution in [0.4, 0.5) is 0 Å². The molecule has 0 aliphatic rings. The van der Waals surface area contributed by atoms with E-state index in [0.29, 0.717) is 17.0 Å². The molecule has 1 rings (SSSR count). The second kappa shape index (κ2) is 4.53. The van der Waals surface area contributed by atoms with Gasteiger partial charge in [0, 0.05) is 11.4 Å². The van der Waals surface area contributed by atoms with Gasteiger partial charge in [0.2, 0.25) is 5.91 Å². The highest BCUT2D eigenvalue weighted by Crippen LogP contribution is 2.31. The number of hydrogen-bond acceptors (Lipinski definition) is 2. The third kappa shape index (κ3) is 2.79. The van der Waals surface area contributed by atoms with Crippen LogP contribution in [0.2, 0.25) is 10.0 Å². The molecule has 0 aliphatic heterocycles. The van der Waals surface area contributed by atoms with Crippen molar-refractivity contribution in [1.29, 1.82) is 0 Å². The molecule has 0 spiro atoms. The van der Waals surface area contributed by atoms with Crippen LogP contribution in [0.3, 0.4) is 0 Å². The van der Waals surface area contributed by atoms with Crippen LogP contribution in [-0.2, 0) is 11.2 Å². The van der Waals surface area contributed by atoms with Crippen LogP contribution in [0.25, 0.3) is 0 Å². The van der Waals surface area contributed by atoms with E-state index < -0.39 is 5.91 Å². The van der Waals surface area contributed by atoms with Crippen molar-refractivity contribution in [3.8, 4) is 5.75 Å². The number of halogens is 2. The zero-order valence-corrected chi connectivity index (χ0v) is 8.77. The molecule has 0 aromatic heterocycles. The lowest BCUT2D eigenvalue weighted by Crippen LogP contribution is -2.11. The molecule has 0 radical (unpaired) electrons. The molecule has 14 heavy (non-hydrogen) atoms. The predicted molar refractivity (Wildman–Crippen MR) is 55.6 cm³/mol. The number of primary amides is 1. The molecule has 1 aromatic rings. The highest BCUT2D eigenvalue weighted by Gasteiger charge is 2.08. The minimum atomic E-state index is -0.430. The number of amides is 1. The maximum Gasteiger partial charge on any atom is 0.217 e. The van der Waals surface area contributed by atoms with Gasteiger partial charge in [0.15, 0.2) is 0 Å². The van der Waals surface area contributed by atoms with E-state index in [2.05, 4.69) is 0 Å². The molecule has 0 saturated carbocycles. The highest BCUT2D eigenvalue weighted by molar-refractivity contribution is 6.35. The topological polar surface area (TPSA) is 63.3 Å². The Hall–Kier alpha value is -0.930. The number of hydrogen-bond donors (Lipinski definition) is 2. The SMILES string of the molecule is NC(=O)CCc1cc(Cl)cc(Cl)c1O. The van der Waals surface area contributed by atoms with E-state index in [-0.39, 0.29) is 17.2 Å². The van der Waals surface area contributed by atoms with Crippen LogP contribution < -0.4 is 5.73 Å². The molecule has 0 fully saturated rings. The Labute approximate surface area is 91.4 Å². The summed E-state index contributed by atoms with van der Waals surface area (Å²) in [4.78, 5) is 10.5. The predicted octanol–water partition coefficient (Wildman–Crippen LogP) is 2.12. The molecule has 5 heteroatoms. The molecule has 3 nitrogen and oxygen atoms in total. The van der Waals surface area contributed by atoms with Gasteiger partial charge in [-0.1, -0.05) is 23.2 Å². The zero-order valence-electron chi connectivity index (χ0n) is 7.26. The van der Waals surface area contributed by atoms with Gasteiger partial charge in [-0.05, 0) is 24.1 Å². The first-order chi connectivity index (χ1) is 6.50. The van der Waals surface area contributed by atoms with Gasteiger partial charge in [0.1, 0.15) is 5.75 Å². The van der Waals surface area contributed by atoms with Gasteiger partial charge in [-0.3, -0.25) is 4.79 Å². The summed E-state index contributed by atoms with van der Waals surface area (Å²) in [5.74, 6) is -0.474. The molecule has 0 saturated heterocycles. The summed E-state index contributed by atoms with van der Waals surface area (Å²) < 4.78 is 0. The van der Waals surface area contributed by atoms with Crippen molar-refractivity contribution in [2.45, 2.75) is 12.8 Å². The number of benzene rings is 1. The van der Waals surface area contributed by atoms with E-state index in [4.69, 9.17) is 28.9 Å². The van der Waals surface area contributed by atoms with Crippen LogP contribution in [0.5, 0.6) is 5.75 Å². The van der Waals surface area contributed by atoms with E-state index in [1.807, 2.05) is 0 Å². The van der Waals surface area contributed by atoms with Gasteiger partial charge in [-0.15, -0.1) is 0 Å². The minimum absolute atomic E-state index is 0.0442. The monoisotopic (exact) mass is 233 g/mol. The average molecular weight is 234 g/mol. The van der Waals surface area contributed by atoms with Crippen molar-refractivity contribution in [3.63, 3.8) is 0 Å². The third-order valence-electron chi connectivity index (χ3n) is 1.75. The number of aryl methyl sites for hydroxylation is 1. The Morgan fingerprint density at radius 1 is 1.43 bits per heavy atom. The Morgan fingerprint density at radius 3 is 2.64 bits per heavy atom. The number of carbonyl (C=O) groups is 1. The van der Waals surface area contributed by atoms with Crippen LogP contribution in [0.1, 0.15) is 12.0 Å². The standard InChI is InChI=1S/C9H9Cl2NO2/c10-6-3-5(1-2-8(12)13)9(14)7(11)4-6/h3-4,14H,1-2H2,(H2,12,13). The second-order valence-electron chi connectivity index (χ2n) is 2.86. The minimum Gasteiger partial charge on any atom is -0.506 e. The van der Waals surface area contributed by atoms with Gasteiger partial charge >= 0.3 is 0 Å². The van der Waals surface area contributed by atoms with Crippen molar-refractivity contribution in [2.24, 2.45) is 5.73 Å². The van der Waals surface area contributed by atoms with E-state index in [0.717, 1.165) is 0 Å². The average Bonchev–Trinajstić information content (AvgIpc) is 2.08. The number of phenols is 1. The smallest absolute Gasteiger partial charge is 0.217 e. The summed E-state index contributed by atoms with van der Waals surface area (Å²) in [6.45, 7) is 0. The van der Waals surface area contributed by atoms with Crippen LogP contribution >= 0.6 is 23.2 Å². The summed E-state index contributed by atoms with van der Waals surface area (Å²) in [5.41, 5.74) is 5.51. The fraction of sp³-hybridized carbons (Fsp3) is 0.222. The Balaban J connectivity index is 2.90. The lowest BCUT2D eigenvalue weighted by Gasteiger charge is -2.05. The van der Waals surface area contributed by atoms with E-state index >= 15 is 0 Å². The number of rotatable bonds is 3. The van der Waals surface area contributed by atoms with E-state index in [1.54, 1.807) is 6.07 Å². The lowest BCUT2D eigenvalue weighted by atomic mass is 10.1. The van der Waals surface area contributed by atoms with Crippen LogP contribution in [0.15, 0.2) is 12.1 Å². The Morgan fingerprint density at radius 2 is 2.07 bits per heavy atom. The van der Waals surface area contributed by atoms with Crippen molar-refractivity contribution in [1.82, 2.24) is 0 Å². The highest BCUT2D eigenvalue weighted by atomic mass is 35.5. The molecule has 0 heterocycles. The molecule has 1 amide bonds. The third-order valence-corrected chi connectivity index (χ3v) is 2.25. The molecule has 0 bridgehead atoms. The van der Waals surface area contributed by atoms with Gasteiger partial charge in [-0.2, -0.15) is 0 Å². The normalized spacial score (nSPS) is 10.1. The summed E-state index contributed by atoms with van der Waals surface area (Å²) in [5, 5.41) is 10.1. The van der Waals surface area contributed by atoms with Crippen molar-refractivity contribution < 1.29 is 9.90 Å². The zero-order chi connectivity index (χ0) is 10.7. The number of aromatic hydroxyl groups is 1. The first kappa shape index (κ1) is 11.1. The fourth-order valence-corrected chi connectivity index (χ4v) is 1.60. The van der Waals surface area contributed by atoms with Crippen molar-refractivity contribution in [2.75, 3.05) is 0 Å². The molecular formula is C9H9Cl2NO2. The quantitative estimate of drug-likeness (QED) is 0.841. The van der Waals surface area contributed by atoms with Gasteiger partial charge in [0.25, 0.3) is 0 Å². The van der Waals surface area contributed by atoms with Crippen molar-refractivity contribution >= 4 is 29.1 Å².